The normalized spacial score (nSPS) is 13.9. The maximum atomic E-state index is 13.0. The maximum Gasteiger partial charge on any atom is 0.291 e. The Morgan fingerprint density at radius 1 is 1.09 bits per heavy atom. The Morgan fingerprint density at radius 3 is 2.57 bits per heavy atom. The molecule has 0 radical (unpaired) electrons. The number of anilines is 1. The van der Waals surface area contributed by atoms with Gasteiger partial charge in [-0.3, -0.25) is 19.7 Å². The molecule has 2 N–H and O–H groups in total. The van der Waals surface area contributed by atoms with Crippen molar-refractivity contribution in [3.05, 3.63) is 90.9 Å². The zero-order valence-corrected chi connectivity index (χ0v) is 20.2. The van der Waals surface area contributed by atoms with Gasteiger partial charge in [0.15, 0.2) is 5.76 Å². The lowest BCUT2D eigenvalue weighted by Gasteiger charge is -2.13. The summed E-state index contributed by atoms with van der Waals surface area (Å²) in [5.41, 5.74) is 6.80. The highest BCUT2D eigenvalue weighted by molar-refractivity contribution is 6.32. The Hall–Kier alpha value is -3.98. The summed E-state index contributed by atoms with van der Waals surface area (Å²) >= 11 is 5.82. The Bertz CT molecular complexity index is 1390. The molecule has 0 atom stereocenters. The van der Waals surface area contributed by atoms with Crippen molar-refractivity contribution in [2.24, 2.45) is 5.10 Å². The molecule has 0 spiro atoms. The van der Waals surface area contributed by atoms with Gasteiger partial charge in [-0.15, -0.1) is 0 Å². The lowest BCUT2D eigenvalue weighted by Crippen LogP contribution is -2.22. The van der Waals surface area contributed by atoms with Crippen molar-refractivity contribution in [2.75, 3.05) is 5.32 Å². The second-order valence-electron chi connectivity index (χ2n) is 8.40. The van der Waals surface area contributed by atoms with Gasteiger partial charge < -0.3 is 9.73 Å². The van der Waals surface area contributed by atoms with Crippen LogP contribution in [0.4, 0.5) is 11.4 Å². The number of halogens is 1. The van der Waals surface area contributed by atoms with Crippen LogP contribution in [0.1, 0.15) is 61.8 Å². The van der Waals surface area contributed by atoms with Crippen LogP contribution in [0.25, 0.3) is 0 Å². The molecule has 1 aliphatic rings. The third-order valence-electron chi connectivity index (χ3n) is 5.86. The monoisotopic (exact) mass is 494 g/mol. The molecule has 9 nitrogen and oxygen atoms in total. The summed E-state index contributed by atoms with van der Waals surface area (Å²) < 4.78 is 5.92. The molecule has 35 heavy (non-hydrogen) atoms. The number of rotatable bonds is 5. The van der Waals surface area contributed by atoms with E-state index >= 15 is 0 Å². The van der Waals surface area contributed by atoms with Gasteiger partial charge in [0.05, 0.1) is 10.6 Å². The van der Waals surface area contributed by atoms with E-state index in [-0.39, 0.29) is 27.9 Å². The van der Waals surface area contributed by atoms with Gasteiger partial charge >= 0.3 is 0 Å². The van der Waals surface area contributed by atoms with E-state index in [0.717, 1.165) is 23.6 Å². The molecule has 0 aliphatic heterocycles. The van der Waals surface area contributed by atoms with E-state index in [1.165, 1.54) is 12.1 Å². The number of carbonyl (C=O) groups is 2. The summed E-state index contributed by atoms with van der Waals surface area (Å²) in [6, 6.07) is 9.54. The number of hydrogen-bond donors (Lipinski definition) is 2. The molecular formula is C25H23ClN4O5. The fourth-order valence-electron chi connectivity index (χ4n) is 4.11. The van der Waals surface area contributed by atoms with Crippen LogP contribution in [0.3, 0.4) is 0 Å². The van der Waals surface area contributed by atoms with Crippen LogP contribution in [0.2, 0.25) is 5.02 Å². The summed E-state index contributed by atoms with van der Waals surface area (Å²) in [4.78, 5) is 36.0. The van der Waals surface area contributed by atoms with Crippen LogP contribution >= 0.6 is 11.6 Å². The molecule has 0 fully saturated rings. The van der Waals surface area contributed by atoms with Crippen molar-refractivity contribution < 1.29 is 18.9 Å². The average Bonchev–Trinajstić information content (AvgIpc) is 3.16. The summed E-state index contributed by atoms with van der Waals surface area (Å²) in [6.45, 7) is 5.69. The number of nitrogens with one attached hydrogen (secondary N) is 2. The van der Waals surface area contributed by atoms with Crippen molar-refractivity contribution in [1.82, 2.24) is 5.43 Å². The number of carbonyl (C=O) groups excluding carboxylic acids is 2. The zero-order valence-electron chi connectivity index (χ0n) is 19.4. The van der Waals surface area contributed by atoms with Crippen molar-refractivity contribution in [1.29, 1.82) is 0 Å². The molecular weight excluding hydrogens is 472 g/mol. The molecule has 180 valence electrons. The summed E-state index contributed by atoms with van der Waals surface area (Å²) in [5, 5.41) is 18.2. The van der Waals surface area contributed by atoms with Gasteiger partial charge in [0, 0.05) is 34.9 Å². The molecule has 0 saturated heterocycles. The first-order valence-electron chi connectivity index (χ1n) is 11.0. The number of amides is 2. The minimum Gasteiger partial charge on any atom is -0.455 e. The van der Waals surface area contributed by atoms with E-state index in [2.05, 4.69) is 15.8 Å². The van der Waals surface area contributed by atoms with Crippen molar-refractivity contribution in [2.45, 2.75) is 40.0 Å². The highest BCUT2D eigenvalue weighted by Crippen LogP contribution is 2.31. The van der Waals surface area contributed by atoms with E-state index in [4.69, 9.17) is 16.0 Å². The number of aryl methyl sites for hydroxylation is 3. The predicted octanol–water partition coefficient (Wildman–Crippen LogP) is 5.49. The van der Waals surface area contributed by atoms with Gasteiger partial charge in [0.2, 0.25) is 0 Å². The van der Waals surface area contributed by atoms with Gasteiger partial charge in [0.25, 0.3) is 17.5 Å². The molecule has 4 rings (SSSR count). The molecule has 1 aliphatic carbocycles. The van der Waals surface area contributed by atoms with Crippen molar-refractivity contribution >= 4 is 40.5 Å². The van der Waals surface area contributed by atoms with Gasteiger partial charge in [0.1, 0.15) is 10.8 Å². The Kier molecular flexibility index (Phi) is 6.70. The fourth-order valence-corrected chi connectivity index (χ4v) is 4.29. The number of hydrazone groups is 1. The van der Waals surface area contributed by atoms with E-state index in [1.54, 1.807) is 6.92 Å². The van der Waals surface area contributed by atoms with E-state index in [1.807, 2.05) is 32.0 Å². The first-order valence-corrected chi connectivity index (χ1v) is 11.4. The quantitative estimate of drug-likeness (QED) is 0.358. The topological polar surface area (TPSA) is 127 Å². The number of hydrogen-bond acceptors (Lipinski definition) is 6. The fraction of sp³-hybridized carbons (Fsp3) is 0.240. The van der Waals surface area contributed by atoms with Gasteiger partial charge in [-0.1, -0.05) is 29.3 Å². The van der Waals surface area contributed by atoms with Crippen LogP contribution in [0, 0.1) is 30.9 Å². The van der Waals surface area contributed by atoms with Crippen LogP contribution in [0.5, 0.6) is 0 Å². The van der Waals surface area contributed by atoms with Gasteiger partial charge in [-0.25, -0.2) is 5.43 Å². The second kappa shape index (κ2) is 9.71. The molecule has 10 heteroatoms. The Morgan fingerprint density at radius 2 is 1.86 bits per heavy atom. The van der Waals surface area contributed by atoms with Crippen molar-refractivity contribution in [3.63, 3.8) is 0 Å². The number of benzene rings is 2. The van der Waals surface area contributed by atoms with Crippen LogP contribution < -0.4 is 10.7 Å². The third-order valence-corrected chi connectivity index (χ3v) is 6.18. The molecule has 2 aromatic carbocycles. The number of fused-ring (bicyclic) bond motifs is 1. The van der Waals surface area contributed by atoms with E-state index in [0.29, 0.717) is 41.1 Å². The summed E-state index contributed by atoms with van der Waals surface area (Å²) in [6.07, 6.45) is 1.95. The molecule has 1 heterocycles. The molecule has 0 saturated carbocycles. The molecule has 1 aromatic heterocycles. The third kappa shape index (κ3) is 4.95. The number of furan rings is 1. The first-order chi connectivity index (χ1) is 16.7. The SMILES string of the molecule is Cc1ccc(NC(=O)c2oc3c(c2C)/C(=N/NC(=O)c2ccc(Cl)c([N+](=O)[O-])c2)CCC3)c(C)c1. The van der Waals surface area contributed by atoms with Gasteiger partial charge in [-0.2, -0.15) is 5.10 Å². The second-order valence-corrected chi connectivity index (χ2v) is 8.81. The number of nitro benzene ring substituents is 1. The molecule has 2 amide bonds. The summed E-state index contributed by atoms with van der Waals surface area (Å²) in [5.74, 6) is -0.141. The maximum absolute atomic E-state index is 13.0. The number of nitrogens with zero attached hydrogens (tertiary/aromatic N) is 2. The molecule has 0 bridgehead atoms. The Labute approximate surface area is 206 Å². The predicted molar refractivity (Wildman–Crippen MR) is 132 cm³/mol. The minimum absolute atomic E-state index is 0.0546. The van der Waals surface area contributed by atoms with Gasteiger partial charge in [-0.05, 0) is 57.4 Å². The smallest absolute Gasteiger partial charge is 0.291 e. The molecule has 3 aromatic rings. The molecule has 0 unspecified atom stereocenters. The lowest BCUT2D eigenvalue weighted by atomic mass is 9.93. The lowest BCUT2D eigenvalue weighted by molar-refractivity contribution is -0.384. The average molecular weight is 495 g/mol. The van der Waals surface area contributed by atoms with Crippen LogP contribution in [-0.2, 0) is 6.42 Å². The van der Waals surface area contributed by atoms with Crippen LogP contribution in [-0.4, -0.2) is 22.4 Å². The van der Waals surface area contributed by atoms with Crippen LogP contribution in [0.15, 0.2) is 45.9 Å². The van der Waals surface area contributed by atoms with E-state index in [9.17, 15) is 19.7 Å². The zero-order chi connectivity index (χ0) is 25.3. The largest absolute Gasteiger partial charge is 0.455 e. The highest BCUT2D eigenvalue weighted by atomic mass is 35.5. The van der Waals surface area contributed by atoms with E-state index < -0.39 is 10.8 Å². The highest BCUT2D eigenvalue weighted by Gasteiger charge is 2.28. The van der Waals surface area contributed by atoms with Crippen molar-refractivity contribution in [3.8, 4) is 0 Å². The first kappa shape index (κ1) is 24.2. The minimum atomic E-state index is -0.655. The summed E-state index contributed by atoms with van der Waals surface area (Å²) in [7, 11) is 0. The Balaban J connectivity index is 1.57. The standard InChI is InChI=1S/C25H23ClN4O5/c1-13-7-10-18(14(2)11-13)27-25(32)23-15(3)22-19(5-4-6-21(22)35-23)28-29-24(31)16-8-9-17(26)20(12-16)30(33)34/h7-12H,4-6H2,1-3H3,(H,27,32)(H,29,31)/b28-19+. The number of nitro groups is 1.